The minimum absolute atomic E-state index is 0. The van der Waals surface area contributed by atoms with Gasteiger partial charge in [0.1, 0.15) is 0 Å². The molecule has 174 valence electrons. The largest absolute Gasteiger partial charge is 0.519 e. The Hall–Kier alpha value is -2.55. The second-order valence-corrected chi connectivity index (χ2v) is 7.51. The second-order valence-electron chi connectivity index (χ2n) is 7.51. The molecule has 1 atom stereocenters. The standard InChI is InChI=1S/C22H25N3O5.2ClH/c1-14-20(30-22(27)29-14)12-28-21(26)16(6-4-10-23)11-17-19-9-8-15-5-2-3-7-18(15)25(19)13-24-17;;/h2-3,5,7,13,16H,4,6,8-12,23H2,1H3;2*1H/t16-;;/m0../s1. The molecule has 0 radical (unpaired) electrons. The molecule has 4 rings (SSSR count). The van der Waals surface area contributed by atoms with E-state index in [9.17, 15) is 9.59 Å². The molecule has 0 fully saturated rings. The van der Waals surface area contributed by atoms with Crippen LogP contribution in [0.5, 0.6) is 0 Å². The van der Waals surface area contributed by atoms with Gasteiger partial charge in [-0.1, -0.05) is 18.2 Å². The molecule has 10 heteroatoms. The first-order chi connectivity index (χ1) is 14.6. The lowest BCUT2D eigenvalue weighted by molar-refractivity contribution is -0.150. The van der Waals surface area contributed by atoms with Gasteiger partial charge in [-0.05, 0) is 50.8 Å². The summed E-state index contributed by atoms with van der Waals surface area (Å²) >= 11 is 0. The van der Waals surface area contributed by atoms with Crippen LogP contribution in [0.4, 0.5) is 0 Å². The number of fused-ring (bicyclic) bond motifs is 3. The van der Waals surface area contributed by atoms with Crippen molar-refractivity contribution in [3.05, 3.63) is 69.7 Å². The predicted octanol–water partition coefficient (Wildman–Crippen LogP) is 3.31. The van der Waals surface area contributed by atoms with E-state index in [2.05, 4.69) is 21.7 Å². The number of aromatic nitrogens is 2. The molecular weight excluding hydrogens is 457 g/mol. The maximum Gasteiger partial charge on any atom is 0.519 e. The molecule has 1 aromatic carbocycles. The fourth-order valence-electron chi connectivity index (χ4n) is 3.93. The van der Waals surface area contributed by atoms with Crippen LogP contribution in [-0.2, 0) is 35.4 Å². The minimum atomic E-state index is -0.803. The first-order valence-corrected chi connectivity index (χ1v) is 10.2. The zero-order valence-electron chi connectivity index (χ0n) is 17.7. The monoisotopic (exact) mass is 483 g/mol. The van der Waals surface area contributed by atoms with E-state index in [0.29, 0.717) is 31.6 Å². The molecule has 2 aromatic heterocycles. The van der Waals surface area contributed by atoms with Gasteiger partial charge in [0.05, 0.1) is 17.9 Å². The summed E-state index contributed by atoms with van der Waals surface area (Å²) in [6, 6.07) is 8.29. The number of hydrogen-bond donors (Lipinski definition) is 1. The van der Waals surface area contributed by atoms with Crippen molar-refractivity contribution in [1.82, 2.24) is 9.55 Å². The van der Waals surface area contributed by atoms with E-state index >= 15 is 0 Å². The van der Waals surface area contributed by atoms with E-state index in [-0.39, 0.29) is 49.1 Å². The van der Waals surface area contributed by atoms with Crippen molar-refractivity contribution in [3.8, 4) is 5.69 Å². The molecule has 8 nitrogen and oxygen atoms in total. The Balaban J connectivity index is 0.00000181. The molecule has 32 heavy (non-hydrogen) atoms. The van der Waals surface area contributed by atoms with Gasteiger partial charge in [0.15, 0.2) is 18.1 Å². The van der Waals surface area contributed by atoms with Gasteiger partial charge in [0.25, 0.3) is 0 Å². The normalized spacial score (nSPS) is 12.7. The van der Waals surface area contributed by atoms with Gasteiger partial charge in [0, 0.05) is 17.8 Å². The Labute approximate surface area is 198 Å². The van der Waals surface area contributed by atoms with Crippen molar-refractivity contribution in [3.63, 3.8) is 0 Å². The maximum atomic E-state index is 12.8. The van der Waals surface area contributed by atoms with E-state index in [1.54, 1.807) is 6.92 Å². The first-order valence-electron chi connectivity index (χ1n) is 10.2. The van der Waals surface area contributed by atoms with E-state index in [0.717, 1.165) is 29.9 Å². The lowest BCUT2D eigenvalue weighted by Crippen LogP contribution is -2.22. The molecule has 0 saturated carbocycles. The number of imidazole rings is 1. The zero-order chi connectivity index (χ0) is 21.1. The first kappa shape index (κ1) is 25.7. The molecule has 1 aliphatic heterocycles. The highest BCUT2D eigenvalue weighted by Crippen LogP contribution is 2.28. The van der Waals surface area contributed by atoms with Gasteiger partial charge in [-0.2, -0.15) is 0 Å². The zero-order valence-corrected chi connectivity index (χ0v) is 19.4. The quantitative estimate of drug-likeness (QED) is 0.488. The highest BCUT2D eigenvalue weighted by molar-refractivity contribution is 5.85. The molecule has 3 heterocycles. The van der Waals surface area contributed by atoms with Crippen LogP contribution in [0.1, 0.15) is 41.3 Å². The number of para-hydroxylation sites is 1. The number of rotatable bonds is 8. The highest BCUT2D eigenvalue weighted by Gasteiger charge is 2.26. The Morgan fingerprint density at radius 1 is 1.25 bits per heavy atom. The number of carbonyl (C=O) groups is 1. The number of hydrogen-bond acceptors (Lipinski definition) is 7. The van der Waals surface area contributed by atoms with Crippen LogP contribution in [-0.4, -0.2) is 22.1 Å². The highest BCUT2D eigenvalue weighted by atomic mass is 35.5. The average Bonchev–Trinajstić information content (AvgIpc) is 3.31. The number of benzene rings is 1. The molecule has 1 aliphatic rings. The lowest BCUT2D eigenvalue weighted by Gasteiger charge is -2.20. The molecular formula is C22H27Cl2N3O5. The molecule has 0 spiro atoms. The van der Waals surface area contributed by atoms with E-state index in [1.807, 2.05) is 18.5 Å². The van der Waals surface area contributed by atoms with Crippen molar-refractivity contribution >= 4 is 30.8 Å². The summed E-state index contributed by atoms with van der Waals surface area (Å²) in [5.74, 6) is -0.993. The van der Waals surface area contributed by atoms with E-state index in [4.69, 9.17) is 19.3 Å². The van der Waals surface area contributed by atoms with Crippen molar-refractivity contribution < 1.29 is 18.4 Å². The summed E-state index contributed by atoms with van der Waals surface area (Å²) in [6.45, 7) is 1.95. The van der Waals surface area contributed by atoms with Crippen molar-refractivity contribution in [2.24, 2.45) is 11.7 Å². The Kier molecular flexibility index (Phi) is 9.12. The van der Waals surface area contributed by atoms with Gasteiger partial charge in [-0.3, -0.25) is 4.79 Å². The molecule has 2 N–H and O–H groups in total. The summed E-state index contributed by atoms with van der Waals surface area (Å²) in [4.78, 5) is 28.6. The van der Waals surface area contributed by atoms with Crippen molar-refractivity contribution in [1.29, 1.82) is 0 Å². The number of ether oxygens (including phenoxy) is 1. The predicted molar refractivity (Wildman–Crippen MR) is 123 cm³/mol. The second kappa shape index (κ2) is 11.4. The lowest BCUT2D eigenvalue weighted by atomic mass is 9.94. The van der Waals surface area contributed by atoms with Crippen molar-refractivity contribution in [2.75, 3.05) is 6.54 Å². The van der Waals surface area contributed by atoms with Gasteiger partial charge >= 0.3 is 11.8 Å². The molecule has 0 aliphatic carbocycles. The number of esters is 1. The molecule has 3 aromatic rings. The number of halogens is 2. The summed E-state index contributed by atoms with van der Waals surface area (Å²) in [7, 11) is 0. The third-order valence-electron chi connectivity index (χ3n) is 5.55. The van der Waals surface area contributed by atoms with Crippen LogP contribution in [0, 0.1) is 12.8 Å². The Morgan fingerprint density at radius 2 is 2.03 bits per heavy atom. The van der Waals surface area contributed by atoms with Crippen LogP contribution in [0.3, 0.4) is 0 Å². The Bertz CT molecular complexity index is 1110. The number of carbonyl (C=O) groups excluding carboxylic acids is 1. The fraction of sp³-hybridized carbons (Fsp3) is 0.409. The van der Waals surface area contributed by atoms with Gasteiger partial charge < -0.3 is 23.9 Å². The van der Waals surface area contributed by atoms with E-state index < -0.39 is 5.82 Å². The maximum absolute atomic E-state index is 12.8. The van der Waals surface area contributed by atoms with Gasteiger partial charge in [-0.15, -0.1) is 24.8 Å². The molecule has 0 saturated heterocycles. The topological polar surface area (TPSA) is 113 Å². The number of nitrogens with two attached hydrogens (primary N) is 1. The summed E-state index contributed by atoms with van der Waals surface area (Å²) in [6.07, 6.45) is 5.45. The summed E-state index contributed by atoms with van der Waals surface area (Å²) < 4.78 is 17.2. The van der Waals surface area contributed by atoms with Crippen LogP contribution >= 0.6 is 24.8 Å². The fourth-order valence-corrected chi connectivity index (χ4v) is 3.93. The number of nitrogens with zero attached hydrogens (tertiary/aromatic N) is 2. The van der Waals surface area contributed by atoms with Crippen molar-refractivity contribution in [2.45, 2.75) is 45.6 Å². The summed E-state index contributed by atoms with van der Waals surface area (Å²) in [5, 5.41) is 0. The SMILES string of the molecule is Cc1oc(=O)oc1COC(=O)[C@@H](CCCN)Cc1ncn2c1CCc1ccccc1-2.Cl.Cl. The molecule has 0 unspecified atom stereocenters. The van der Waals surface area contributed by atoms with Gasteiger partial charge in [0.2, 0.25) is 0 Å². The average molecular weight is 484 g/mol. The van der Waals surface area contributed by atoms with Crippen LogP contribution < -0.4 is 11.6 Å². The van der Waals surface area contributed by atoms with E-state index in [1.165, 1.54) is 5.56 Å². The van der Waals surface area contributed by atoms with Gasteiger partial charge in [-0.25, -0.2) is 9.78 Å². The van der Waals surface area contributed by atoms with Crippen LogP contribution in [0.25, 0.3) is 5.69 Å². The third-order valence-corrected chi connectivity index (χ3v) is 5.55. The smallest absolute Gasteiger partial charge is 0.457 e. The molecule has 0 bridgehead atoms. The van der Waals surface area contributed by atoms with Crippen LogP contribution in [0.15, 0.2) is 44.2 Å². The number of aryl methyl sites for hydroxylation is 2. The Morgan fingerprint density at radius 3 is 2.75 bits per heavy atom. The minimum Gasteiger partial charge on any atom is -0.457 e. The molecule has 0 amide bonds. The summed E-state index contributed by atoms with van der Waals surface area (Å²) in [5.41, 5.74) is 10.2. The van der Waals surface area contributed by atoms with Crippen LogP contribution in [0.2, 0.25) is 0 Å². The third kappa shape index (κ3) is 5.43.